The number of anilines is 1. The Morgan fingerprint density at radius 1 is 1.10 bits per heavy atom. The van der Waals surface area contributed by atoms with E-state index in [4.69, 9.17) is 4.98 Å². The van der Waals surface area contributed by atoms with Gasteiger partial charge in [-0.3, -0.25) is 9.71 Å². The number of rotatable bonds is 5. The largest absolute Gasteiger partial charge is 0.266 e. The highest BCUT2D eigenvalue weighted by atomic mass is 32.2. The summed E-state index contributed by atoms with van der Waals surface area (Å²) < 4.78 is 54.4. The molecular weight excluding hydrogens is 546 g/mol. The monoisotopic (exact) mass is 576 g/mol. The molecule has 3 aromatic heterocycles. The van der Waals surface area contributed by atoms with E-state index in [2.05, 4.69) is 33.1 Å². The van der Waals surface area contributed by atoms with Gasteiger partial charge in [-0.2, -0.15) is 10.4 Å². The standard InChI is InChI=1S/C28H24F2N6O2S.C2H4.H2/c1-16-10-11-28(2,26-19(16)13-23(34-35-26)25-20(29)6-4-7-21(25)30)24-9-5-8-22(33-24)18-12-17(14-31)27(32-15-18)36-39(3,37)38;1-2;/h4-9,12-13,15-16H,10-11H2,1-3H3,(H,32,36);1-2H2;1H/t16-,28+;;/m0../s1. The van der Waals surface area contributed by atoms with Crippen molar-refractivity contribution < 1.29 is 18.6 Å². The maximum absolute atomic E-state index is 14.5. The lowest BCUT2D eigenvalue weighted by Crippen LogP contribution is -2.33. The molecule has 3 heterocycles. The van der Waals surface area contributed by atoms with Gasteiger partial charge in [-0.05, 0) is 67.6 Å². The Morgan fingerprint density at radius 2 is 1.78 bits per heavy atom. The van der Waals surface area contributed by atoms with Crippen molar-refractivity contribution in [1.29, 1.82) is 5.26 Å². The van der Waals surface area contributed by atoms with E-state index in [1.807, 2.05) is 32.0 Å². The number of fused-ring (bicyclic) bond motifs is 1. The van der Waals surface area contributed by atoms with Crippen molar-refractivity contribution in [1.82, 2.24) is 20.2 Å². The number of benzene rings is 1. The van der Waals surface area contributed by atoms with E-state index in [0.717, 1.165) is 24.7 Å². The summed E-state index contributed by atoms with van der Waals surface area (Å²) in [6.45, 7) is 10.1. The summed E-state index contributed by atoms with van der Waals surface area (Å²) in [6, 6.07) is 14.4. The van der Waals surface area contributed by atoms with Gasteiger partial charge < -0.3 is 0 Å². The first-order valence-corrected chi connectivity index (χ1v) is 14.6. The van der Waals surface area contributed by atoms with Gasteiger partial charge in [0.2, 0.25) is 10.0 Å². The Labute approximate surface area is 239 Å². The first-order chi connectivity index (χ1) is 19.5. The second-order valence-corrected chi connectivity index (χ2v) is 11.7. The van der Waals surface area contributed by atoms with Gasteiger partial charge in [-0.15, -0.1) is 18.3 Å². The molecule has 0 fully saturated rings. The van der Waals surface area contributed by atoms with Gasteiger partial charge in [-0.1, -0.05) is 19.1 Å². The topological polar surface area (TPSA) is 122 Å². The number of halogens is 2. The van der Waals surface area contributed by atoms with Crippen molar-refractivity contribution in [3.8, 4) is 28.6 Å². The molecule has 1 aromatic carbocycles. The summed E-state index contributed by atoms with van der Waals surface area (Å²) in [5.74, 6) is -1.36. The van der Waals surface area contributed by atoms with Gasteiger partial charge in [0.1, 0.15) is 17.7 Å². The lowest BCUT2D eigenvalue weighted by Gasteiger charge is -2.37. The van der Waals surface area contributed by atoms with Crippen LogP contribution in [-0.4, -0.2) is 34.8 Å². The third-order valence-electron chi connectivity index (χ3n) is 7.07. The fraction of sp³-hybridized carbons (Fsp3) is 0.233. The van der Waals surface area contributed by atoms with E-state index in [-0.39, 0.29) is 30.0 Å². The SMILES string of the molecule is C=C.C[C@H]1CC[C@](C)(c2cccc(-c3cnc(NS(C)(=O)=O)c(C#N)c3)n2)c2nnc(-c3c(F)cccc3F)cc21.[HH]. The number of hydrogen-bond donors (Lipinski definition) is 1. The second-order valence-electron chi connectivity index (χ2n) is 9.92. The van der Waals surface area contributed by atoms with Gasteiger partial charge in [-0.25, -0.2) is 22.2 Å². The molecule has 1 N–H and O–H groups in total. The highest BCUT2D eigenvalue weighted by Crippen LogP contribution is 2.46. The first kappa shape index (κ1) is 29.4. The van der Waals surface area contributed by atoms with E-state index >= 15 is 0 Å². The third-order valence-corrected chi connectivity index (χ3v) is 7.64. The van der Waals surface area contributed by atoms with Crippen LogP contribution < -0.4 is 4.72 Å². The zero-order chi connectivity index (χ0) is 29.9. The summed E-state index contributed by atoms with van der Waals surface area (Å²) in [7, 11) is -3.61. The molecule has 5 rings (SSSR count). The fourth-order valence-electron chi connectivity index (χ4n) is 4.95. The van der Waals surface area contributed by atoms with Crippen LogP contribution >= 0.6 is 0 Å². The maximum atomic E-state index is 14.5. The zero-order valence-corrected chi connectivity index (χ0v) is 23.6. The second kappa shape index (κ2) is 11.5. The Morgan fingerprint density at radius 3 is 2.44 bits per heavy atom. The van der Waals surface area contributed by atoms with Gasteiger partial charge in [0.25, 0.3) is 0 Å². The summed E-state index contributed by atoms with van der Waals surface area (Å²) in [5.41, 5.74) is 2.69. The van der Waals surface area contributed by atoms with Crippen LogP contribution in [0.25, 0.3) is 22.5 Å². The molecule has 0 radical (unpaired) electrons. The third kappa shape index (κ3) is 5.83. The van der Waals surface area contributed by atoms with Crippen molar-refractivity contribution in [2.45, 2.75) is 38.0 Å². The lowest BCUT2D eigenvalue weighted by molar-refractivity contribution is 0.405. The Bertz CT molecular complexity index is 1760. The number of aromatic nitrogens is 4. The van der Waals surface area contributed by atoms with E-state index in [1.54, 1.807) is 12.1 Å². The minimum atomic E-state index is -3.61. The molecule has 0 saturated carbocycles. The molecule has 8 nitrogen and oxygen atoms in total. The minimum Gasteiger partial charge on any atom is -0.266 e. The predicted octanol–water partition coefficient (Wildman–Crippen LogP) is 6.37. The molecule has 0 aliphatic heterocycles. The average Bonchev–Trinajstić information content (AvgIpc) is 2.95. The molecule has 0 saturated heterocycles. The number of nitrogens with zero attached hydrogens (tertiary/aromatic N) is 5. The quantitative estimate of drug-likeness (QED) is 0.274. The maximum Gasteiger partial charge on any atom is 0.231 e. The average molecular weight is 577 g/mol. The van der Waals surface area contributed by atoms with Crippen LogP contribution in [0.3, 0.4) is 0 Å². The number of nitrogens with one attached hydrogen (secondary N) is 1. The normalized spacial score (nSPS) is 17.9. The van der Waals surface area contributed by atoms with Gasteiger partial charge in [0.15, 0.2) is 5.82 Å². The Kier molecular flexibility index (Phi) is 8.26. The van der Waals surface area contributed by atoms with Crippen molar-refractivity contribution in [2.75, 3.05) is 11.0 Å². The number of nitriles is 1. The van der Waals surface area contributed by atoms with Gasteiger partial charge >= 0.3 is 0 Å². The molecule has 212 valence electrons. The molecule has 0 amide bonds. The molecule has 11 heteroatoms. The number of pyridine rings is 2. The van der Waals surface area contributed by atoms with Crippen LogP contribution in [0.15, 0.2) is 67.9 Å². The summed E-state index contributed by atoms with van der Waals surface area (Å²) in [4.78, 5) is 9.01. The van der Waals surface area contributed by atoms with Crippen molar-refractivity contribution in [3.05, 3.63) is 102 Å². The van der Waals surface area contributed by atoms with Crippen LogP contribution in [0.2, 0.25) is 0 Å². The van der Waals surface area contributed by atoms with E-state index in [0.29, 0.717) is 22.6 Å². The molecule has 0 bridgehead atoms. The van der Waals surface area contributed by atoms with E-state index in [9.17, 15) is 22.5 Å². The van der Waals surface area contributed by atoms with Crippen LogP contribution in [0.4, 0.5) is 14.6 Å². The molecule has 2 atom stereocenters. The number of sulfonamides is 1. The summed E-state index contributed by atoms with van der Waals surface area (Å²) >= 11 is 0. The first-order valence-electron chi connectivity index (χ1n) is 12.7. The van der Waals surface area contributed by atoms with Crippen LogP contribution in [0, 0.1) is 23.0 Å². The molecule has 0 unspecified atom stereocenters. The zero-order valence-electron chi connectivity index (χ0n) is 22.8. The van der Waals surface area contributed by atoms with Crippen LogP contribution in [0.1, 0.15) is 56.5 Å². The predicted molar refractivity (Wildman–Crippen MR) is 156 cm³/mol. The molecule has 41 heavy (non-hydrogen) atoms. The molecular formula is C30H30F2N6O2S. The number of hydrogen-bond acceptors (Lipinski definition) is 7. The fourth-order valence-corrected chi connectivity index (χ4v) is 5.47. The molecule has 0 spiro atoms. The van der Waals surface area contributed by atoms with Crippen molar-refractivity contribution >= 4 is 15.8 Å². The highest BCUT2D eigenvalue weighted by Gasteiger charge is 2.40. The smallest absolute Gasteiger partial charge is 0.231 e. The van der Waals surface area contributed by atoms with Gasteiger partial charge in [0.05, 0.1) is 45.6 Å². The minimum absolute atomic E-state index is 0. The lowest BCUT2D eigenvalue weighted by atomic mass is 9.69. The van der Waals surface area contributed by atoms with Crippen molar-refractivity contribution in [2.24, 2.45) is 0 Å². The van der Waals surface area contributed by atoms with Crippen LogP contribution in [0.5, 0.6) is 0 Å². The Hall–Kier alpha value is -4.56. The highest BCUT2D eigenvalue weighted by molar-refractivity contribution is 7.92. The van der Waals surface area contributed by atoms with E-state index < -0.39 is 27.1 Å². The molecule has 1 aliphatic carbocycles. The van der Waals surface area contributed by atoms with Gasteiger partial charge in [0, 0.05) is 13.2 Å². The summed E-state index contributed by atoms with van der Waals surface area (Å²) in [6.07, 6.45) is 3.96. The van der Waals surface area contributed by atoms with Crippen molar-refractivity contribution in [3.63, 3.8) is 0 Å². The van der Waals surface area contributed by atoms with E-state index in [1.165, 1.54) is 30.5 Å². The molecule has 1 aliphatic rings. The molecule has 4 aromatic rings. The van der Waals surface area contributed by atoms with Crippen LogP contribution in [-0.2, 0) is 15.4 Å². The Balaban J connectivity index is 0.00000158. The summed E-state index contributed by atoms with van der Waals surface area (Å²) in [5, 5.41) is 18.3.